The Kier molecular flexibility index (Phi) is 5.94. The van der Waals surface area contributed by atoms with Crippen LogP contribution in [0.4, 0.5) is 5.69 Å². The number of benzene rings is 2. The fourth-order valence-corrected chi connectivity index (χ4v) is 4.16. The van der Waals surface area contributed by atoms with Crippen LogP contribution >= 0.6 is 0 Å². The Labute approximate surface area is 177 Å². The molecule has 0 radical (unpaired) electrons. The number of rotatable bonds is 5. The molecule has 0 aliphatic carbocycles. The molecule has 1 amide bonds. The maximum absolute atomic E-state index is 12.6. The number of hydrogen-bond donors (Lipinski definition) is 1. The molecule has 2 aromatic carbocycles. The second-order valence-electron chi connectivity index (χ2n) is 7.80. The van der Waals surface area contributed by atoms with Gasteiger partial charge < -0.3 is 10.2 Å². The number of fused-ring (bicyclic) bond motifs is 1. The van der Waals surface area contributed by atoms with Crippen LogP contribution in [0.25, 0.3) is 10.9 Å². The lowest BCUT2D eigenvalue weighted by Crippen LogP contribution is -2.40. The van der Waals surface area contributed by atoms with Crippen LogP contribution in [0.1, 0.15) is 36.5 Å². The standard InChI is InChI=1S/C25H26N4O/c1-2-18-8-9-23-22(14-18)24(21(15-26)17-27-23)29-12-10-20(11-13-29)25(30)28-16-19-6-4-3-5-7-19/h3-9,14,17,20H,2,10-13,16H2,1H3,(H,28,30). The summed E-state index contributed by atoms with van der Waals surface area (Å²) in [6.45, 7) is 4.20. The summed E-state index contributed by atoms with van der Waals surface area (Å²) in [5, 5.41) is 13.8. The number of amides is 1. The van der Waals surface area contributed by atoms with E-state index >= 15 is 0 Å². The van der Waals surface area contributed by atoms with Gasteiger partial charge in [0.05, 0.1) is 16.8 Å². The largest absolute Gasteiger partial charge is 0.370 e. The highest BCUT2D eigenvalue weighted by Crippen LogP contribution is 2.33. The van der Waals surface area contributed by atoms with E-state index in [2.05, 4.69) is 40.3 Å². The molecule has 3 aromatic rings. The third kappa shape index (κ3) is 4.13. The number of nitrogens with one attached hydrogen (secondary N) is 1. The lowest BCUT2D eigenvalue weighted by Gasteiger charge is -2.34. The summed E-state index contributed by atoms with van der Waals surface area (Å²) >= 11 is 0. The maximum Gasteiger partial charge on any atom is 0.223 e. The summed E-state index contributed by atoms with van der Waals surface area (Å²) in [6, 6.07) is 18.6. The number of aryl methyl sites for hydroxylation is 1. The minimum absolute atomic E-state index is 0.00908. The van der Waals surface area contributed by atoms with Crippen LogP contribution in [-0.4, -0.2) is 24.0 Å². The average Bonchev–Trinajstić information content (AvgIpc) is 2.82. The number of pyridine rings is 1. The molecule has 0 bridgehead atoms. The minimum Gasteiger partial charge on any atom is -0.370 e. The number of anilines is 1. The number of carbonyl (C=O) groups is 1. The molecule has 1 aliphatic rings. The molecule has 1 fully saturated rings. The molecule has 0 unspecified atom stereocenters. The molecule has 0 saturated carbocycles. The Morgan fingerprint density at radius 2 is 1.93 bits per heavy atom. The van der Waals surface area contributed by atoms with Gasteiger partial charge in [0.1, 0.15) is 6.07 Å². The van der Waals surface area contributed by atoms with Gasteiger partial charge in [0.25, 0.3) is 0 Å². The number of nitriles is 1. The van der Waals surface area contributed by atoms with Gasteiger partial charge in [0, 0.05) is 37.1 Å². The third-order valence-electron chi connectivity index (χ3n) is 5.92. The van der Waals surface area contributed by atoms with Crippen molar-refractivity contribution in [3.05, 3.63) is 71.4 Å². The normalized spacial score (nSPS) is 14.5. The van der Waals surface area contributed by atoms with Crippen LogP contribution in [0.2, 0.25) is 0 Å². The second-order valence-corrected chi connectivity index (χ2v) is 7.80. The van der Waals surface area contributed by atoms with Crippen molar-refractivity contribution in [2.45, 2.75) is 32.7 Å². The van der Waals surface area contributed by atoms with Gasteiger partial charge >= 0.3 is 0 Å². The SMILES string of the molecule is CCc1ccc2ncc(C#N)c(N3CCC(C(=O)NCc4ccccc4)CC3)c2c1. The van der Waals surface area contributed by atoms with E-state index < -0.39 is 0 Å². The van der Waals surface area contributed by atoms with Crippen molar-refractivity contribution in [3.63, 3.8) is 0 Å². The van der Waals surface area contributed by atoms with Crippen LogP contribution in [0, 0.1) is 17.2 Å². The molecule has 5 nitrogen and oxygen atoms in total. The Bertz CT molecular complexity index is 1080. The monoisotopic (exact) mass is 398 g/mol. The number of hydrogen-bond acceptors (Lipinski definition) is 4. The zero-order valence-electron chi connectivity index (χ0n) is 17.3. The molecular weight excluding hydrogens is 372 g/mol. The molecule has 1 aromatic heterocycles. The molecule has 30 heavy (non-hydrogen) atoms. The van der Waals surface area contributed by atoms with Crippen LogP contribution in [0.5, 0.6) is 0 Å². The number of piperidine rings is 1. The third-order valence-corrected chi connectivity index (χ3v) is 5.92. The zero-order valence-corrected chi connectivity index (χ0v) is 17.3. The van der Waals surface area contributed by atoms with Gasteiger partial charge in [0.2, 0.25) is 5.91 Å². The zero-order chi connectivity index (χ0) is 20.9. The van der Waals surface area contributed by atoms with Crippen molar-refractivity contribution in [2.24, 2.45) is 5.92 Å². The van der Waals surface area contributed by atoms with E-state index in [1.165, 1.54) is 5.56 Å². The van der Waals surface area contributed by atoms with E-state index in [1.807, 2.05) is 36.4 Å². The summed E-state index contributed by atoms with van der Waals surface area (Å²) in [5.41, 5.74) is 4.81. The first-order valence-corrected chi connectivity index (χ1v) is 10.6. The van der Waals surface area contributed by atoms with Gasteiger partial charge in [-0.25, -0.2) is 0 Å². The van der Waals surface area contributed by atoms with E-state index in [1.54, 1.807) is 6.20 Å². The van der Waals surface area contributed by atoms with Crippen molar-refractivity contribution < 1.29 is 4.79 Å². The highest BCUT2D eigenvalue weighted by molar-refractivity contribution is 5.95. The molecule has 152 valence electrons. The van der Waals surface area contributed by atoms with Gasteiger partial charge in [-0.15, -0.1) is 0 Å². The summed E-state index contributed by atoms with van der Waals surface area (Å²) in [7, 11) is 0. The first-order chi connectivity index (χ1) is 14.7. The van der Waals surface area contributed by atoms with E-state index in [4.69, 9.17) is 0 Å². The van der Waals surface area contributed by atoms with Gasteiger partial charge in [-0.05, 0) is 42.5 Å². The fraction of sp³-hybridized carbons (Fsp3) is 0.320. The van der Waals surface area contributed by atoms with Crippen molar-refractivity contribution in [1.82, 2.24) is 10.3 Å². The van der Waals surface area contributed by atoms with Crippen molar-refractivity contribution in [3.8, 4) is 6.07 Å². The maximum atomic E-state index is 12.6. The van der Waals surface area contributed by atoms with Crippen LogP contribution < -0.4 is 10.2 Å². The highest BCUT2D eigenvalue weighted by Gasteiger charge is 2.27. The Hall–Kier alpha value is -3.39. The summed E-state index contributed by atoms with van der Waals surface area (Å²) in [6.07, 6.45) is 4.17. The first kappa shape index (κ1) is 19.9. The van der Waals surface area contributed by atoms with Crippen LogP contribution in [0.15, 0.2) is 54.7 Å². The Morgan fingerprint density at radius 3 is 2.63 bits per heavy atom. The van der Waals surface area contributed by atoms with Gasteiger partial charge in [-0.1, -0.05) is 43.3 Å². The van der Waals surface area contributed by atoms with Gasteiger partial charge in [-0.3, -0.25) is 9.78 Å². The Morgan fingerprint density at radius 1 is 1.17 bits per heavy atom. The topological polar surface area (TPSA) is 69.0 Å². The number of nitrogens with zero attached hydrogens (tertiary/aromatic N) is 3. The molecule has 1 saturated heterocycles. The quantitative estimate of drug-likeness (QED) is 0.699. The van der Waals surface area contributed by atoms with Crippen molar-refractivity contribution >= 4 is 22.5 Å². The molecular formula is C25H26N4O. The average molecular weight is 399 g/mol. The number of aromatic nitrogens is 1. The number of carbonyl (C=O) groups excluding carboxylic acids is 1. The van der Waals surface area contributed by atoms with Crippen molar-refractivity contribution in [1.29, 1.82) is 5.26 Å². The van der Waals surface area contributed by atoms with Gasteiger partial charge in [0.15, 0.2) is 0 Å². The van der Waals surface area contributed by atoms with E-state index in [0.717, 1.165) is 54.5 Å². The molecule has 4 rings (SSSR count). The summed E-state index contributed by atoms with van der Waals surface area (Å²) in [5.74, 6) is 0.127. The first-order valence-electron chi connectivity index (χ1n) is 10.6. The lowest BCUT2D eigenvalue weighted by molar-refractivity contribution is -0.125. The predicted molar refractivity (Wildman–Crippen MR) is 119 cm³/mol. The summed E-state index contributed by atoms with van der Waals surface area (Å²) < 4.78 is 0. The molecule has 5 heteroatoms. The van der Waals surface area contributed by atoms with Crippen LogP contribution in [-0.2, 0) is 17.8 Å². The van der Waals surface area contributed by atoms with Crippen LogP contribution in [0.3, 0.4) is 0 Å². The van der Waals surface area contributed by atoms with E-state index in [0.29, 0.717) is 12.1 Å². The summed E-state index contributed by atoms with van der Waals surface area (Å²) in [4.78, 5) is 19.4. The van der Waals surface area contributed by atoms with Gasteiger partial charge in [-0.2, -0.15) is 5.26 Å². The Balaban J connectivity index is 1.48. The molecule has 2 heterocycles. The molecule has 1 N–H and O–H groups in total. The van der Waals surface area contributed by atoms with E-state index in [-0.39, 0.29) is 11.8 Å². The fourth-order valence-electron chi connectivity index (χ4n) is 4.16. The predicted octanol–water partition coefficient (Wildman–Crippen LogP) is 4.20. The minimum atomic E-state index is 0.00908. The smallest absolute Gasteiger partial charge is 0.223 e. The molecule has 0 atom stereocenters. The molecule has 0 spiro atoms. The van der Waals surface area contributed by atoms with E-state index in [9.17, 15) is 10.1 Å². The highest BCUT2D eigenvalue weighted by atomic mass is 16.1. The molecule has 1 aliphatic heterocycles. The second kappa shape index (κ2) is 8.96. The van der Waals surface area contributed by atoms with Crippen molar-refractivity contribution in [2.75, 3.05) is 18.0 Å². The lowest BCUT2D eigenvalue weighted by atomic mass is 9.94.